The third kappa shape index (κ3) is 5.88. The minimum atomic E-state index is -0.315. The van der Waals surface area contributed by atoms with Gasteiger partial charge in [-0.05, 0) is 25.0 Å². The van der Waals surface area contributed by atoms with Crippen molar-refractivity contribution >= 4 is 0 Å². The van der Waals surface area contributed by atoms with Gasteiger partial charge in [0.25, 0.3) is 0 Å². The van der Waals surface area contributed by atoms with E-state index >= 15 is 0 Å². The second-order valence-corrected chi connectivity index (χ2v) is 1.81. The zero-order valence-corrected chi connectivity index (χ0v) is 4.96. The summed E-state index contributed by atoms with van der Waals surface area (Å²) in [6.07, 6.45) is 0.966. The standard InChI is InChI=1S/C5H11O3/c1-5(6)3-2-4-8-7/h5-6H,2-4H2,1H3. The minimum Gasteiger partial charge on any atom is -0.393 e. The number of aliphatic hydroxyl groups excluding tert-OH is 1. The van der Waals surface area contributed by atoms with Gasteiger partial charge >= 0.3 is 0 Å². The lowest BCUT2D eigenvalue weighted by atomic mass is 10.2. The second-order valence-electron chi connectivity index (χ2n) is 1.81. The van der Waals surface area contributed by atoms with Crippen LogP contribution in [0.15, 0.2) is 0 Å². The van der Waals surface area contributed by atoms with Crippen LogP contribution >= 0.6 is 0 Å². The first kappa shape index (κ1) is 7.88. The molecule has 0 amide bonds. The summed E-state index contributed by atoms with van der Waals surface area (Å²) < 4.78 is 0. The predicted molar refractivity (Wildman–Crippen MR) is 27.6 cm³/mol. The highest BCUT2D eigenvalue weighted by Crippen LogP contribution is 1.94. The van der Waals surface area contributed by atoms with Gasteiger partial charge in [-0.2, -0.15) is 0 Å². The lowest BCUT2D eigenvalue weighted by Crippen LogP contribution is -2.00. The Morgan fingerprint density at radius 2 is 2.38 bits per heavy atom. The topological polar surface area (TPSA) is 49.4 Å². The summed E-state index contributed by atoms with van der Waals surface area (Å²) >= 11 is 0. The quantitative estimate of drug-likeness (QED) is 0.333. The van der Waals surface area contributed by atoms with Gasteiger partial charge in [0.05, 0.1) is 12.7 Å². The molecule has 0 aromatic heterocycles. The van der Waals surface area contributed by atoms with Gasteiger partial charge in [0.15, 0.2) is 0 Å². The molecule has 3 heteroatoms. The van der Waals surface area contributed by atoms with E-state index in [2.05, 4.69) is 4.89 Å². The van der Waals surface area contributed by atoms with Gasteiger partial charge < -0.3 is 5.11 Å². The van der Waals surface area contributed by atoms with Crippen LogP contribution in [0.4, 0.5) is 0 Å². The first-order valence-corrected chi connectivity index (χ1v) is 2.70. The lowest BCUT2D eigenvalue weighted by Gasteiger charge is -1.99. The molecule has 0 saturated carbocycles. The maximum absolute atomic E-state index is 9.33. The smallest absolute Gasteiger partial charge is 0.0855 e. The Hall–Kier alpha value is -0.120. The Labute approximate surface area is 48.8 Å². The van der Waals surface area contributed by atoms with E-state index in [-0.39, 0.29) is 12.7 Å². The fourth-order valence-corrected chi connectivity index (χ4v) is 0.438. The molecule has 0 heterocycles. The highest BCUT2D eigenvalue weighted by Gasteiger charge is 1.93. The van der Waals surface area contributed by atoms with Crippen LogP contribution < -0.4 is 0 Å². The summed E-state index contributed by atoms with van der Waals surface area (Å²) in [7, 11) is 0. The summed E-state index contributed by atoms with van der Waals surface area (Å²) in [4.78, 5) is 3.53. The first-order valence-electron chi connectivity index (χ1n) is 2.70. The highest BCUT2D eigenvalue weighted by atomic mass is 17.1. The van der Waals surface area contributed by atoms with E-state index in [0.29, 0.717) is 12.8 Å². The first-order chi connectivity index (χ1) is 3.77. The maximum Gasteiger partial charge on any atom is 0.0855 e. The van der Waals surface area contributed by atoms with Gasteiger partial charge in [-0.1, -0.05) is 0 Å². The van der Waals surface area contributed by atoms with Gasteiger partial charge in [-0.3, -0.25) is 0 Å². The van der Waals surface area contributed by atoms with Gasteiger partial charge in [0, 0.05) is 0 Å². The molecule has 0 aliphatic heterocycles. The molecule has 1 unspecified atom stereocenters. The van der Waals surface area contributed by atoms with Crippen molar-refractivity contribution in [1.82, 2.24) is 0 Å². The summed E-state index contributed by atoms with van der Waals surface area (Å²) in [5.74, 6) is 0. The summed E-state index contributed by atoms with van der Waals surface area (Å²) in [5.41, 5.74) is 0. The van der Waals surface area contributed by atoms with Crippen LogP contribution in [0, 0.1) is 0 Å². The van der Waals surface area contributed by atoms with E-state index in [0.717, 1.165) is 0 Å². The third-order valence-electron chi connectivity index (χ3n) is 0.850. The van der Waals surface area contributed by atoms with Gasteiger partial charge in [-0.15, -0.1) is 0 Å². The molecule has 0 aromatic carbocycles. The van der Waals surface area contributed by atoms with E-state index in [1.165, 1.54) is 0 Å². The minimum absolute atomic E-state index is 0.199. The van der Waals surface area contributed by atoms with Crippen LogP contribution in [0.2, 0.25) is 0 Å². The number of aliphatic hydroxyl groups is 1. The maximum atomic E-state index is 9.33. The molecule has 0 aromatic rings. The second kappa shape index (κ2) is 5.03. The predicted octanol–water partition coefficient (Wildman–Crippen LogP) is 0.510. The van der Waals surface area contributed by atoms with Crippen molar-refractivity contribution in [2.75, 3.05) is 6.61 Å². The van der Waals surface area contributed by atoms with E-state index in [4.69, 9.17) is 5.11 Å². The Morgan fingerprint density at radius 1 is 1.75 bits per heavy atom. The van der Waals surface area contributed by atoms with E-state index in [1.807, 2.05) is 0 Å². The van der Waals surface area contributed by atoms with Crippen LogP contribution in [0.3, 0.4) is 0 Å². The molecule has 3 nitrogen and oxygen atoms in total. The van der Waals surface area contributed by atoms with Crippen molar-refractivity contribution in [2.24, 2.45) is 0 Å². The van der Waals surface area contributed by atoms with Crippen LogP contribution in [0.1, 0.15) is 19.8 Å². The summed E-state index contributed by atoms with van der Waals surface area (Å²) in [6.45, 7) is 1.88. The average molecular weight is 119 g/mol. The van der Waals surface area contributed by atoms with Gasteiger partial charge in [-0.25, -0.2) is 4.89 Å². The fraction of sp³-hybridized carbons (Fsp3) is 1.00. The fourth-order valence-electron chi connectivity index (χ4n) is 0.438. The summed E-state index contributed by atoms with van der Waals surface area (Å²) in [6, 6.07) is 0. The largest absolute Gasteiger partial charge is 0.393 e. The molecule has 0 rings (SSSR count). The number of hydrogen-bond acceptors (Lipinski definition) is 2. The molecule has 0 fully saturated rings. The van der Waals surface area contributed by atoms with Crippen molar-refractivity contribution < 1.29 is 15.3 Å². The normalized spacial score (nSPS) is 13.9. The van der Waals surface area contributed by atoms with Crippen LogP contribution in [-0.4, -0.2) is 17.8 Å². The van der Waals surface area contributed by atoms with Gasteiger partial charge in [0.2, 0.25) is 0 Å². The number of hydrogen-bond donors (Lipinski definition) is 1. The average Bonchev–Trinajstić information content (AvgIpc) is 1.66. The zero-order chi connectivity index (χ0) is 6.41. The monoisotopic (exact) mass is 119 g/mol. The SMILES string of the molecule is CC(O)CCCO[O]. The molecular formula is C5H11O3. The third-order valence-corrected chi connectivity index (χ3v) is 0.850. The Balaban J connectivity index is 2.72. The van der Waals surface area contributed by atoms with Crippen molar-refractivity contribution in [1.29, 1.82) is 0 Å². The lowest BCUT2D eigenvalue weighted by molar-refractivity contribution is -0.304. The van der Waals surface area contributed by atoms with Gasteiger partial charge in [0.1, 0.15) is 0 Å². The Morgan fingerprint density at radius 3 is 2.75 bits per heavy atom. The van der Waals surface area contributed by atoms with E-state index in [1.54, 1.807) is 6.92 Å². The molecule has 1 N–H and O–H groups in total. The molecule has 0 spiro atoms. The van der Waals surface area contributed by atoms with Crippen molar-refractivity contribution in [3.63, 3.8) is 0 Å². The Bertz CT molecular complexity index is 44.9. The molecule has 0 bridgehead atoms. The molecule has 0 aliphatic carbocycles. The molecule has 0 aliphatic rings. The molecule has 1 radical (unpaired) electrons. The van der Waals surface area contributed by atoms with Crippen molar-refractivity contribution in [3.05, 3.63) is 0 Å². The Kier molecular flexibility index (Phi) is 4.95. The van der Waals surface area contributed by atoms with E-state index < -0.39 is 0 Å². The van der Waals surface area contributed by atoms with Crippen LogP contribution in [-0.2, 0) is 10.1 Å². The molecule has 49 valence electrons. The molecule has 0 saturated heterocycles. The van der Waals surface area contributed by atoms with Crippen molar-refractivity contribution in [3.8, 4) is 0 Å². The molecule has 1 atom stereocenters. The molecule has 8 heavy (non-hydrogen) atoms. The van der Waals surface area contributed by atoms with Crippen LogP contribution in [0.25, 0.3) is 0 Å². The number of rotatable bonds is 4. The van der Waals surface area contributed by atoms with Crippen molar-refractivity contribution in [2.45, 2.75) is 25.9 Å². The zero-order valence-electron chi connectivity index (χ0n) is 4.96. The van der Waals surface area contributed by atoms with Crippen LogP contribution in [0.5, 0.6) is 0 Å². The molecular weight excluding hydrogens is 108 g/mol. The van der Waals surface area contributed by atoms with E-state index in [9.17, 15) is 5.26 Å². The summed E-state index contributed by atoms with van der Waals surface area (Å²) in [5, 5.41) is 18.0. The highest BCUT2D eigenvalue weighted by molar-refractivity contribution is 4.44.